The van der Waals surface area contributed by atoms with Crippen molar-refractivity contribution in [3.05, 3.63) is 100 Å². The standard InChI is InChI=1S/C28H21F2N5O5/c1-15-12-16(29)4-6-21(15)35-28(37)18(8-11-32-35)26(36)33-17-5-7-22(19(30)13-17)40-23-9-10-31-20-14-24(38-2)27(39-3)34-25(20)23/h4-14H,1-3H3,(H,33,36). The van der Waals surface area contributed by atoms with E-state index in [4.69, 9.17) is 14.2 Å². The molecular formula is C28H21F2N5O5. The molecule has 0 aliphatic carbocycles. The van der Waals surface area contributed by atoms with Crippen LogP contribution in [-0.2, 0) is 0 Å². The summed E-state index contributed by atoms with van der Waals surface area (Å²) in [4.78, 5) is 34.5. The van der Waals surface area contributed by atoms with Crippen molar-refractivity contribution in [3.8, 4) is 28.8 Å². The molecule has 0 aliphatic rings. The van der Waals surface area contributed by atoms with E-state index in [9.17, 15) is 14.0 Å². The quantitative estimate of drug-likeness (QED) is 0.309. The molecule has 10 nitrogen and oxygen atoms in total. The van der Waals surface area contributed by atoms with Gasteiger partial charge in [-0.05, 0) is 48.9 Å². The molecule has 0 atom stereocenters. The Morgan fingerprint density at radius 1 is 0.925 bits per heavy atom. The van der Waals surface area contributed by atoms with Crippen LogP contribution in [-0.4, -0.2) is 39.9 Å². The first kappa shape index (κ1) is 26.2. The lowest BCUT2D eigenvalue weighted by molar-refractivity contribution is 0.102. The van der Waals surface area contributed by atoms with Crippen LogP contribution in [0.5, 0.6) is 23.1 Å². The van der Waals surface area contributed by atoms with E-state index in [2.05, 4.69) is 20.4 Å². The number of methoxy groups -OCH3 is 2. The molecule has 202 valence electrons. The summed E-state index contributed by atoms with van der Waals surface area (Å²) >= 11 is 0. The highest BCUT2D eigenvalue weighted by molar-refractivity contribution is 6.04. The zero-order chi connectivity index (χ0) is 28.4. The largest absolute Gasteiger partial charge is 0.491 e. The fraction of sp³-hybridized carbons (Fsp3) is 0.107. The highest BCUT2D eigenvalue weighted by Gasteiger charge is 2.18. The molecule has 3 heterocycles. The minimum absolute atomic E-state index is 0.0830. The predicted octanol–water partition coefficient (Wildman–Crippen LogP) is 4.82. The van der Waals surface area contributed by atoms with E-state index in [0.717, 1.165) is 10.7 Å². The summed E-state index contributed by atoms with van der Waals surface area (Å²) in [6, 6.07) is 12.0. The van der Waals surface area contributed by atoms with Gasteiger partial charge in [0.1, 0.15) is 16.9 Å². The molecule has 3 aromatic heterocycles. The maximum Gasteiger partial charge on any atom is 0.284 e. The molecule has 1 amide bonds. The molecule has 5 rings (SSSR count). The third kappa shape index (κ3) is 5.01. The number of ether oxygens (including phenoxy) is 3. The summed E-state index contributed by atoms with van der Waals surface area (Å²) in [7, 11) is 2.91. The van der Waals surface area contributed by atoms with Crippen molar-refractivity contribution in [1.29, 1.82) is 0 Å². The Morgan fingerprint density at radius 3 is 2.48 bits per heavy atom. The van der Waals surface area contributed by atoms with Crippen LogP contribution < -0.4 is 25.1 Å². The van der Waals surface area contributed by atoms with Crippen LogP contribution in [0.1, 0.15) is 15.9 Å². The highest BCUT2D eigenvalue weighted by atomic mass is 19.1. The summed E-state index contributed by atoms with van der Waals surface area (Å²) in [5.74, 6) is -1.37. The zero-order valence-electron chi connectivity index (χ0n) is 21.4. The van der Waals surface area contributed by atoms with Crippen LogP contribution >= 0.6 is 0 Å². The molecule has 2 aromatic carbocycles. The first-order valence-electron chi connectivity index (χ1n) is 11.8. The Labute approximate surface area is 225 Å². The van der Waals surface area contributed by atoms with Crippen molar-refractivity contribution < 1.29 is 27.8 Å². The number of hydrogen-bond donors (Lipinski definition) is 1. The second-order valence-electron chi connectivity index (χ2n) is 8.47. The Hall–Kier alpha value is -5.39. The maximum absolute atomic E-state index is 15.0. The van der Waals surface area contributed by atoms with Crippen LogP contribution in [0.4, 0.5) is 14.5 Å². The third-order valence-corrected chi connectivity index (χ3v) is 5.91. The first-order valence-corrected chi connectivity index (χ1v) is 11.8. The van der Waals surface area contributed by atoms with Crippen LogP contribution in [0.2, 0.25) is 0 Å². The minimum Gasteiger partial charge on any atom is -0.491 e. The molecule has 0 aliphatic heterocycles. The summed E-state index contributed by atoms with van der Waals surface area (Å²) in [5, 5.41) is 6.50. The topological polar surface area (TPSA) is 117 Å². The van der Waals surface area contributed by atoms with Crippen LogP contribution in [0, 0.1) is 18.6 Å². The van der Waals surface area contributed by atoms with Crippen molar-refractivity contribution in [2.75, 3.05) is 19.5 Å². The van der Waals surface area contributed by atoms with Crippen molar-refractivity contribution >= 4 is 22.6 Å². The average molecular weight is 546 g/mol. The van der Waals surface area contributed by atoms with E-state index >= 15 is 4.39 Å². The van der Waals surface area contributed by atoms with Crippen LogP contribution in [0.3, 0.4) is 0 Å². The van der Waals surface area contributed by atoms with Gasteiger partial charge in [-0.3, -0.25) is 14.6 Å². The Balaban J connectivity index is 1.39. The van der Waals surface area contributed by atoms with Gasteiger partial charge in [0.25, 0.3) is 17.3 Å². The number of benzene rings is 2. The molecule has 0 unspecified atom stereocenters. The van der Waals surface area contributed by atoms with Gasteiger partial charge in [0.2, 0.25) is 0 Å². The van der Waals surface area contributed by atoms with Gasteiger partial charge in [0.15, 0.2) is 23.1 Å². The number of halogens is 2. The predicted molar refractivity (Wildman–Crippen MR) is 142 cm³/mol. The molecule has 1 N–H and O–H groups in total. The number of nitrogens with zero attached hydrogens (tertiary/aromatic N) is 4. The highest BCUT2D eigenvalue weighted by Crippen LogP contribution is 2.35. The molecule has 0 saturated heterocycles. The normalized spacial score (nSPS) is 10.8. The van der Waals surface area contributed by atoms with Crippen molar-refractivity contribution in [1.82, 2.24) is 19.7 Å². The number of anilines is 1. The maximum atomic E-state index is 15.0. The number of fused-ring (bicyclic) bond motifs is 1. The van der Waals surface area contributed by atoms with Gasteiger partial charge in [0.05, 0.1) is 25.4 Å². The molecule has 0 fully saturated rings. The fourth-order valence-electron chi connectivity index (χ4n) is 3.98. The number of rotatable bonds is 7. The monoisotopic (exact) mass is 545 g/mol. The molecule has 0 spiro atoms. The molecule has 40 heavy (non-hydrogen) atoms. The Bertz CT molecular complexity index is 1830. The number of aryl methyl sites for hydroxylation is 1. The second kappa shape index (κ2) is 10.8. The third-order valence-electron chi connectivity index (χ3n) is 5.91. The number of hydrogen-bond acceptors (Lipinski definition) is 8. The van der Waals surface area contributed by atoms with E-state index in [-0.39, 0.29) is 28.6 Å². The van der Waals surface area contributed by atoms with Crippen molar-refractivity contribution in [2.24, 2.45) is 0 Å². The van der Waals surface area contributed by atoms with Gasteiger partial charge in [-0.25, -0.2) is 13.8 Å². The van der Waals surface area contributed by atoms with Gasteiger partial charge in [0, 0.05) is 36.3 Å². The molecule has 0 radical (unpaired) electrons. The van der Waals surface area contributed by atoms with Gasteiger partial charge in [-0.1, -0.05) is 0 Å². The summed E-state index contributed by atoms with van der Waals surface area (Å²) in [5.41, 5.74) is 0.667. The Morgan fingerprint density at radius 2 is 1.75 bits per heavy atom. The lowest BCUT2D eigenvalue weighted by Crippen LogP contribution is -2.30. The van der Waals surface area contributed by atoms with E-state index in [1.807, 2.05) is 0 Å². The molecular weight excluding hydrogens is 524 g/mol. The average Bonchev–Trinajstić information content (AvgIpc) is 2.94. The van der Waals surface area contributed by atoms with Crippen molar-refractivity contribution in [2.45, 2.75) is 6.92 Å². The fourth-order valence-corrected chi connectivity index (χ4v) is 3.98. The zero-order valence-corrected chi connectivity index (χ0v) is 21.4. The Kier molecular flexibility index (Phi) is 7.06. The summed E-state index contributed by atoms with van der Waals surface area (Å²) in [6.45, 7) is 1.61. The first-order chi connectivity index (χ1) is 19.3. The van der Waals surface area contributed by atoms with Gasteiger partial charge in [-0.15, -0.1) is 0 Å². The van der Waals surface area contributed by atoms with Gasteiger partial charge < -0.3 is 19.5 Å². The number of carbonyl (C=O) groups is 1. The minimum atomic E-state index is -0.780. The van der Waals surface area contributed by atoms with Crippen molar-refractivity contribution in [3.63, 3.8) is 0 Å². The van der Waals surface area contributed by atoms with Crippen LogP contribution in [0.25, 0.3) is 16.7 Å². The molecule has 12 heteroatoms. The summed E-state index contributed by atoms with van der Waals surface area (Å²) < 4.78 is 45.8. The SMILES string of the molecule is COc1cc2nccc(Oc3ccc(NC(=O)c4ccnn(-c5ccc(F)cc5C)c4=O)cc3F)c2nc1OC. The number of pyridine rings is 2. The second-order valence-corrected chi connectivity index (χ2v) is 8.47. The van der Waals surface area contributed by atoms with Gasteiger partial charge >= 0.3 is 0 Å². The lowest BCUT2D eigenvalue weighted by Gasteiger charge is -2.13. The van der Waals surface area contributed by atoms with E-state index in [0.29, 0.717) is 28.0 Å². The molecule has 0 bridgehead atoms. The van der Waals surface area contributed by atoms with Gasteiger partial charge in [-0.2, -0.15) is 9.78 Å². The number of amides is 1. The van der Waals surface area contributed by atoms with E-state index < -0.39 is 23.1 Å². The number of carbonyl (C=O) groups excluding carboxylic acids is 1. The smallest absolute Gasteiger partial charge is 0.284 e. The summed E-state index contributed by atoms with van der Waals surface area (Å²) in [6.07, 6.45) is 2.75. The van der Waals surface area contributed by atoms with E-state index in [1.54, 1.807) is 13.0 Å². The number of aromatic nitrogens is 4. The number of nitrogens with one attached hydrogen (secondary N) is 1. The van der Waals surface area contributed by atoms with E-state index in [1.165, 1.54) is 69.1 Å². The molecule has 5 aromatic rings. The molecule has 0 saturated carbocycles. The van der Waals surface area contributed by atoms with Crippen LogP contribution in [0.15, 0.2) is 71.8 Å². The lowest BCUT2D eigenvalue weighted by atomic mass is 10.2.